The molecule has 100 valence electrons. The number of phenols is 1. The van der Waals surface area contributed by atoms with E-state index in [-0.39, 0.29) is 6.61 Å². The number of phenolic OH excluding ortho intramolecular Hbond substituents is 1. The molecule has 4 heteroatoms. The van der Waals surface area contributed by atoms with Crippen LogP contribution in [0.15, 0.2) is 43.0 Å². The van der Waals surface area contributed by atoms with Crippen molar-refractivity contribution in [3.8, 4) is 5.75 Å². The van der Waals surface area contributed by atoms with Crippen LogP contribution in [0.25, 0.3) is 0 Å². The molecule has 0 saturated carbocycles. The predicted molar refractivity (Wildman–Crippen MR) is 70.2 cm³/mol. The molecule has 0 amide bonds. The van der Waals surface area contributed by atoms with Crippen LogP contribution >= 0.6 is 0 Å². The molecule has 2 N–H and O–H groups in total. The Balaban J connectivity index is 0.000000351. The second-order valence-corrected chi connectivity index (χ2v) is 3.61. The van der Waals surface area contributed by atoms with E-state index in [9.17, 15) is 4.79 Å². The van der Waals surface area contributed by atoms with E-state index < -0.39 is 12.1 Å². The number of carbonyl (C=O) groups excluding carboxylic acids is 1. The lowest BCUT2D eigenvalue weighted by molar-refractivity contribution is -0.140. The van der Waals surface area contributed by atoms with Crippen molar-refractivity contribution < 1.29 is 19.7 Å². The Kier molecular flexibility index (Phi) is 9.31. The molecule has 1 rings (SSSR count). The second-order valence-electron chi connectivity index (χ2n) is 3.61. The molecule has 0 fully saturated rings. The summed E-state index contributed by atoms with van der Waals surface area (Å²) in [5.74, 6) is -0.164. The number of hydrogen-bond donors (Lipinski definition) is 2. The molecule has 1 aromatic rings. The summed E-state index contributed by atoms with van der Waals surface area (Å²) in [6.45, 7) is 5.25. The molecule has 0 spiro atoms. The number of aliphatic hydroxyl groups is 1. The third kappa shape index (κ3) is 9.42. The quantitative estimate of drug-likeness (QED) is 0.623. The highest BCUT2D eigenvalue weighted by atomic mass is 16.5. The summed E-state index contributed by atoms with van der Waals surface area (Å²) in [5, 5.41) is 17.7. The van der Waals surface area contributed by atoms with Gasteiger partial charge < -0.3 is 14.9 Å². The highest BCUT2D eigenvalue weighted by Gasteiger charge is 2.04. The van der Waals surface area contributed by atoms with Crippen LogP contribution in [0.3, 0.4) is 0 Å². The third-order valence-corrected chi connectivity index (χ3v) is 1.96. The van der Waals surface area contributed by atoms with E-state index >= 15 is 0 Å². The van der Waals surface area contributed by atoms with Gasteiger partial charge in [-0.2, -0.15) is 0 Å². The van der Waals surface area contributed by atoms with Crippen molar-refractivity contribution in [1.29, 1.82) is 0 Å². The molecule has 0 bridgehead atoms. The van der Waals surface area contributed by atoms with E-state index in [0.29, 0.717) is 12.2 Å². The normalized spacial score (nSPS) is 10.8. The molecule has 1 unspecified atom stereocenters. The first-order chi connectivity index (χ1) is 8.60. The van der Waals surface area contributed by atoms with Gasteiger partial charge in [-0.25, -0.2) is 4.79 Å². The molecule has 0 aromatic heterocycles. The van der Waals surface area contributed by atoms with Gasteiger partial charge in [0.25, 0.3) is 0 Å². The van der Waals surface area contributed by atoms with Gasteiger partial charge >= 0.3 is 5.97 Å². The number of ether oxygens (including phenoxy) is 1. The van der Waals surface area contributed by atoms with Crippen molar-refractivity contribution in [2.45, 2.75) is 25.9 Å². The van der Waals surface area contributed by atoms with Crippen molar-refractivity contribution in [2.75, 3.05) is 6.61 Å². The number of benzene rings is 1. The van der Waals surface area contributed by atoms with Crippen molar-refractivity contribution >= 4 is 5.97 Å². The molecule has 0 aliphatic rings. The van der Waals surface area contributed by atoms with Gasteiger partial charge in [-0.15, -0.1) is 0 Å². The first kappa shape index (κ1) is 16.2. The Morgan fingerprint density at radius 1 is 1.44 bits per heavy atom. The average molecular weight is 252 g/mol. The lowest BCUT2D eigenvalue weighted by Gasteiger charge is -2.07. The molecule has 1 aromatic carbocycles. The van der Waals surface area contributed by atoms with Gasteiger partial charge in [-0.1, -0.05) is 38.1 Å². The largest absolute Gasteiger partial charge is 0.508 e. The molecule has 0 aliphatic heterocycles. The number of hydrogen-bond acceptors (Lipinski definition) is 4. The van der Waals surface area contributed by atoms with Gasteiger partial charge in [0.2, 0.25) is 0 Å². The van der Waals surface area contributed by atoms with Crippen LogP contribution in [-0.4, -0.2) is 28.9 Å². The second kappa shape index (κ2) is 10.4. The van der Waals surface area contributed by atoms with Crippen LogP contribution in [0.2, 0.25) is 0 Å². The fourth-order valence-electron chi connectivity index (χ4n) is 1.08. The monoisotopic (exact) mass is 252 g/mol. The van der Waals surface area contributed by atoms with Gasteiger partial charge in [-0.05, 0) is 18.6 Å². The molecule has 4 nitrogen and oxygen atoms in total. The van der Waals surface area contributed by atoms with Crippen molar-refractivity contribution in [3.63, 3.8) is 0 Å². The Morgan fingerprint density at radius 2 is 2.06 bits per heavy atom. The predicted octanol–water partition coefficient (Wildman–Crippen LogP) is 2.27. The van der Waals surface area contributed by atoms with Crippen molar-refractivity contribution in [2.24, 2.45) is 0 Å². The zero-order valence-corrected chi connectivity index (χ0v) is 10.6. The zero-order chi connectivity index (χ0) is 13.8. The van der Waals surface area contributed by atoms with Crippen LogP contribution in [0, 0.1) is 0 Å². The van der Waals surface area contributed by atoms with Crippen LogP contribution in [0.4, 0.5) is 0 Å². The molecule has 0 saturated heterocycles. The summed E-state index contributed by atoms with van der Waals surface area (Å²) in [7, 11) is 0. The lowest BCUT2D eigenvalue weighted by Crippen LogP contribution is -2.16. The summed E-state index contributed by atoms with van der Waals surface area (Å²) < 4.78 is 4.60. The molecule has 0 heterocycles. The standard InChI is InChI=1S/C8H14O3.C6H6O/c1-3-5-7(9)6-11-8(10)4-2;7-6-4-2-1-3-5-6/h4,7,9H,2-3,5-6H2,1H3;1-5,7H. The molecule has 0 radical (unpaired) electrons. The van der Waals surface area contributed by atoms with Gasteiger partial charge in [0.15, 0.2) is 0 Å². The maximum Gasteiger partial charge on any atom is 0.330 e. The van der Waals surface area contributed by atoms with E-state index in [1.807, 2.05) is 13.0 Å². The summed E-state index contributed by atoms with van der Waals surface area (Å²) in [5.41, 5.74) is 0. The maximum atomic E-state index is 10.5. The minimum Gasteiger partial charge on any atom is -0.508 e. The Hall–Kier alpha value is -1.81. The summed E-state index contributed by atoms with van der Waals surface area (Å²) >= 11 is 0. The highest BCUT2D eigenvalue weighted by Crippen LogP contribution is 2.02. The van der Waals surface area contributed by atoms with E-state index in [1.165, 1.54) is 0 Å². The number of rotatable bonds is 5. The number of para-hydroxylation sites is 1. The first-order valence-electron chi connectivity index (χ1n) is 5.81. The molecule has 0 aliphatic carbocycles. The van der Waals surface area contributed by atoms with Gasteiger partial charge in [0, 0.05) is 6.08 Å². The number of aliphatic hydroxyl groups excluding tert-OH is 1. The minimum absolute atomic E-state index is 0.0681. The average Bonchev–Trinajstić information content (AvgIpc) is 2.38. The Morgan fingerprint density at radius 3 is 2.44 bits per heavy atom. The van der Waals surface area contributed by atoms with Crippen LogP contribution in [0.5, 0.6) is 5.75 Å². The van der Waals surface area contributed by atoms with Crippen LogP contribution in [0.1, 0.15) is 19.8 Å². The number of carbonyl (C=O) groups is 1. The third-order valence-electron chi connectivity index (χ3n) is 1.96. The maximum absolute atomic E-state index is 10.5. The van der Waals surface area contributed by atoms with E-state index in [0.717, 1.165) is 12.5 Å². The van der Waals surface area contributed by atoms with E-state index in [2.05, 4.69) is 11.3 Å². The lowest BCUT2D eigenvalue weighted by atomic mass is 10.2. The minimum atomic E-state index is -0.538. The fraction of sp³-hybridized carbons (Fsp3) is 0.357. The smallest absolute Gasteiger partial charge is 0.330 e. The molecule has 18 heavy (non-hydrogen) atoms. The SMILES string of the molecule is C=CC(=O)OCC(O)CCC.Oc1ccccc1. The highest BCUT2D eigenvalue weighted by molar-refractivity contribution is 5.81. The Labute approximate surface area is 108 Å². The summed E-state index contributed by atoms with van der Waals surface area (Å²) in [4.78, 5) is 10.5. The van der Waals surface area contributed by atoms with E-state index in [1.54, 1.807) is 24.3 Å². The van der Waals surface area contributed by atoms with Crippen LogP contribution < -0.4 is 0 Å². The van der Waals surface area contributed by atoms with Gasteiger partial charge in [0.1, 0.15) is 12.4 Å². The fourth-order valence-corrected chi connectivity index (χ4v) is 1.08. The molecule has 1 atom stereocenters. The van der Waals surface area contributed by atoms with Gasteiger partial charge in [0.05, 0.1) is 6.10 Å². The van der Waals surface area contributed by atoms with Crippen molar-refractivity contribution in [1.82, 2.24) is 0 Å². The summed E-state index contributed by atoms with van der Waals surface area (Å²) in [6.07, 6.45) is 2.08. The Bertz CT molecular complexity index is 335. The zero-order valence-electron chi connectivity index (χ0n) is 10.6. The topological polar surface area (TPSA) is 66.8 Å². The first-order valence-corrected chi connectivity index (χ1v) is 5.81. The number of esters is 1. The van der Waals surface area contributed by atoms with E-state index in [4.69, 9.17) is 10.2 Å². The van der Waals surface area contributed by atoms with Crippen molar-refractivity contribution in [3.05, 3.63) is 43.0 Å². The molecular weight excluding hydrogens is 232 g/mol. The number of aromatic hydroxyl groups is 1. The van der Waals surface area contributed by atoms with Crippen LogP contribution in [-0.2, 0) is 9.53 Å². The van der Waals surface area contributed by atoms with Gasteiger partial charge in [-0.3, -0.25) is 0 Å². The molecular formula is C14H20O4. The summed E-state index contributed by atoms with van der Waals surface area (Å²) in [6, 6.07) is 8.71.